The normalized spacial score (nSPS) is 11.0. The molecule has 1 amide bonds. The highest BCUT2D eigenvalue weighted by atomic mass is 16.1. The Bertz CT molecular complexity index is 828. The Balaban J connectivity index is 2.11. The Morgan fingerprint density at radius 2 is 1.67 bits per heavy atom. The van der Waals surface area contributed by atoms with Crippen molar-refractivity contribution in [1.29, 1.82) is 0 Å². The zero-order valence-electron chi connectivity index (χ0n) is 11.5. The summed E-state index contributed by atoms with van der Waals surface area (Å²) >= 11 is 0. The van der Waals surface area contributed by atoms with E-state index in [-0.39, 0.29) is 0 Å². The summed E-state index contributed by atoms with van der Waals surface area (Å²) in [4.78, 5) is 10.8. The van der Waals surface area contributed by atoms with Gasteiger partial charge in [-0.3, -0.25) is 4.79 Å². The molecule has 0 unspecified atom stereocenters. The fourth-order valence-corrected chi connectivity index (χ4v) is 2.47. The van der Waals surface area contributed by atoms with Crippen LogP contribution in [0.25, 0.3) is 28.0 Å². The predicted octanol–water partition coefficient (Wildman–Crippen LogP) is 4.01. The van der Waals surface area contributed by atoms with Crippen LogP contribution in [0.5, 0.6) is 0 Å². The first-order valence-electron chi connectivity index (χ1n) is 6.80. The molecule has 0 saturated heterocycles. The molecule has 102 valence electrons. The number of primary amides is 1. The lowest BCUT2D eigenvalue weighted by molar-refractivity contribution is -0.113. The van der Waals surface area contributed by atoms with Crippen molar-refractivity contribution in [3.8, 4) is 11.1 Å². The SMILES string of the molecule is NC(=O)/C=C\c1cccc(-c2cccc3ccccc23)c1. The summed E-state index contributed by atoms with van der Waals surface area (Å²) in [6.45, 7) is 0. The molecule has 0 aliphatic carbocycles. The van der Waals surface area contributed by atoms with Crippen LogP contribution in [-0.4, -0.2) is 5.91 Å². The molecule has 2 heteroatoms. The minimum atomic E-state index is -0.439. The third kappa shape index (κ3) is 2.84. The van der Waals surface area contributed by atoms with Gasteiger partial charge < -0.3 is 5.73 Å². The van der Waals surface area contributed by atoms with Crippen LogP contribution in [0.15, 0.2) is 72.8 Å². The van der Waals surface area contributed by atoms with Crippen LogP contribution in [0.3, 0.4) is 0 Å². The van der Waals surface area contributed by atoms with Crippen LogP contribution < -0.4 is 5.73 Å². The van der Waals surface area contributed by atoms with Crippen LogP contribution in [0, 0.1) is 0 Å². The van der Waals surface area contributed by atoms with Crippen molar-refractivity contribution < 1.29 is 4.79 Å². The third-order valence-electron chi connectivity index (χ3n) is 3.43. The Kier molecular flexibility index (Phi) is 3.52. The molecule has 0 aliphatic rings. The Morgan fingerprint density at radius 3 is 2.52 bits per heavy atom. The number of amides is 1. The van der Waals surface area contributed by atoms with Gasteiger partial charge in [0.2, 0.25) is 5.91 Å². The van der Waals surface area contributed by atoms with Crippen molar-refractivity contribution >= 4 is 22.8 Å². The molecule has 0 radical (unpaired) electrons. The summed E-state index contributed by atoms with van der Waals surface area (Å²) in [6.07, 6.45) is 3.11. The van der Waals surface area contributed by atoms with E-state index in [1.54, 1.807) is 6.08 Å². The van der Waals surface area contributed by atoms with E-state index in [0.717, 1.165) is 11.1 Å². The van der Waals surface area contributed by atoms with E-state index in [1.807, 2.05) is 24.3 Å². The molecular formula is C19H15NO. The van der Waals surface area contributed by atoms with Crippen LogP contribution in [0.2, 0.25) is 0 Å². The van der Waals surface area contributed by atoms with E-state index in [9.17, 15) is 4.79 Å². The molecule has 3 aromatic rings. The number of hydrogen-bond acceptors (Lipinski definition) is 1. The monoisotopic (exact) mass is 273 g/mol. The summed E-state index contributed by atoms with van der Waals surface area (Å²) in [5.41, 5.74) is 8.40. The number of benzene rings is 3. The van der Waals surface area contributed by atoms with Gasteiger partial charge in [-0.25, -0.2) is 0 Å². The van der Waals surface area contributed by atoms with Crippen molar-refractivity contribution in [2.24, 2.45) is 5.73 Å². The van der Waals surface area contributed by atoms with Crippen molar-refractivity contribution in [2.45, 2.75) is 0 Å². The van der Waals surface area contributed by atoms with Crippen molar-refractivity contribution in [1.82, 2.24) is 0 Å². The van der Waals surface area contributed by atoms with Crippen LogP contribution >= 0.6 is 0 Å². The Labute approximate surface area is 123 Å². The molecule has 0 fully saturated rings. The lowest BCUT2D eigenvalue weighted by Crippen LogP contribution is -2.05. The predicted molar refractivity (Wildman–Crippen MR) is 87.6 cm³/mol. The first-order chi connectivity index (χ1) is 10.2. The molecule has 0 atom stereocenters. The highest BCUT2D eigenvalue weighted by Gasteiger charge is 2.03. The van der Waals surface area contributed by atoms with Gasteiger partial charge in [0.15, 0.2) is 0 Å². The topological polar surface area (TPSA) is 43.1 Å². The molecule has 0 aliphatic heterocycles. The van der Waals surface area contributed by atoms with E-state index in [4.69, 9.17) is 5.73 Å². The van der Waals surface area contributed by atoms with Gasteiger partial charge in [-0.15, -0.1) is 0 Å². The smallest absolute Gasteiger partial charge is 0.241 e. The van der Waals surface area contributed by atoms with E-state index in [1.165, 1.54) is 22.4 Å². The largest absolute Gasteiger partial charge is 0.366 e. The third-order valence-corrected chi connectivity index (χ3v) is 3.43. The first-order valence-corrected chi connectivity index (χ1v) is 6.80. The second-order valence-electron chi connectivity index (χ2n) is 4.89. The molecule has 2 N–H and O–H groups in total. The molecule has 2 nitrogen and oxygen atoms in total. The number of rotatable bonds is 3. The summed E-state index contributed by atoms with van der Waals surface area (Å²) in [5, 5.41) is 2.43. The standard InChI is InChI=1S/C19H15NO/c20-19(21)12-11-14-5-3-8-16(13-14)18-10-4-7-15-6-1-2-9-17(15)18/h1-13H,(H2,20,21)/b12-11-. The molecule has 0 heterocycles. The van der Waals surface area contributed by atoms with Gasteiger partial charge in [-0.2, -0.15) is 0 Å². The first kappa shape index (κ1) is 13.1. The molecule has 0 spiro atoms. The van der Waals surface area contributed by atoms with Gasteiger partial charge in [0.25, 0.3) is 0 Å². The molecule has 0 aromatic heterocycles. The quantitative estimate of drug-likeness (QED) is 0.720. The highest BCUT2D eigenvalue weighted by molar-refractivity contribution is 5.97. The molecular weight excluding hydrogens is 258 g/mol. The van der Waals surface area contributed by atoms with E-state index < -0.39 is 5.91 Å². The molecule has 0 saturated carbocycles. The molecule has 3 aromatic carbocycles. The van der Waals surface area contributed by atoms with Gasteiger partial charge in [0, 0.05) is 6.08 Å². The van der Waals surface area contributed by atoms with Gasteiger partial charge >= 0.3 is 0 Å². The summed E-state index contributed by atoms with van der Waals surface area (Å²) in [5.74, 6) is -0.439. The van der Waals surface area contributed by atoms with E-state index in [2.05, 4.69) is 42.5 Å². The summed E-state index contributed by atoms with van der Waals surface area (Å²) in [7, 11) is 0. The average Bonchev–Trinajstić information content (AvgIpc) is 2.52. The summed E-state index contributed by atoms with van der Waals surface area (Å²) in [6, 6.07) is 22.7. The number of nitrogens with two attached hydrogens (primary N) is 1. The number of carbonyl (C=O) groups excluding carboxylic acids is 1. The van der Waals surface area contributed by atoms with E-state index >= 15 is 0 Å². The minimum absolute atomic E-state index is 0.439. The van der Waals surface area contributed by atoms with Crippen molar-refractivity contribution in [3.63, 3.8) is 0 Å². The maximum Gasteiger partial charge on any atom is 0.241 e. The Morgan fingerprint density at radius 1 is 0.905 bits per heavy atom. The molecule has 0 bridgehead atoms. The summed E-state index contributed by atoms with van der Waals surface area (Å²) < 4.78 is 0. The fraction of sp³-hybridized carbons (Fsp3) is 0. The lowest BCUT2D eigenvalue weighted by Gasteiger charge is -2.07. The van der Waals surface area contributed by atoms with Gasteiger partial charge in [0.1, 0.15) is 0 Å². The lowest BCUT2D eigenvalue weighted by atomic mass is 9.97. The maximum absolute atomic E-state index is 10.8. The zero-order valence-corrected chi connectivity index (χ0v) is 11.5. The fourth-order valence-electron chi connectivity index (χ4n) is 2.47. The van der Waals surface area contributed by atoms with Crippen molar-refractivity contribution in [2.75, 3.05) is 0 Å². The zero-order chi connectivity index (χ0) is 14.7. The van der Waals surface area contributed by atoms with Gasteiger partial charge in [0.05, 0.1) is 0 Å². The average molecular weight is 273 g/mol. The van der Waals surface area contributed by atoms with Crippen molar-refractivity contribution in [3.05, 3.63) is 78.4 Å². The van der Waals surface area contributed by atoms with Gasteiger partial charge in [-0.05, 0) is 39.6 Å². The highest BCUT2D eigenvalue weighted by Crippen LogP contribution is 2.29. The number of fused-ring (bicyclic) bond motifs is 1. The van der Waals surface area contributed by atoms with Gasteiger partial charge in [-0.1, -0.05) is 60.7 Å². The van der Waals surface area contributed by atoms with Crippen LogP contribution in [0.1, 0.15) is 5.56 Å². The minimum Gasteiger partial charge on any atom is -0.366 e. The second-order valence-corrected chi connectivity index (χ2v) is 4.89. The molecule has 3 rings (SSSR count). The number of carbonyl (C=O) groups is 1. The molecule has 21 heavy (non-hydrogen) atoms. The van der Waals surface area contributed by atoms with Crippen LogP contribution in [0.4, 0.5) is 0 Å². The van der Waals surface area contributed by atoms with Crippen LogP contribution in [-0.2, 0) is 4.79 Å². The van der Waals surface area contributed by atoms with E-state index in [0.29, 0.717) is 0 Å². The second kappa shape index (κ2) is 5.63. The maximum atomic E-state index is 10.8. The number of hydrogen-bond donors (Lipinski definition) is 1. The Hall–Kier alpha value is -2.87.